The van der Waals surface area contributed by atoms with Gasteiger partial charge in [-0.05, 0) is 6.92 Å². The highest BCUT2D eigenvalue weighted by atomic mass is 32.2. The molecule has 0 radical (unpaired) electrons. The molecule has 0 spiro atoms. The van der Waals surface area contributed by atoms with Gasteiger partial charge in [-0.1, -0.05) is 6.92 Å². The molecular formula is C8H14N2O3S. The highest BCUT2D eigenvalue weighted by molar-refractivity contribution is 7.91. The highest BCUT2D eigenvalue weighted by Crippen LogP contribution is 2.07. The van der Waals surface area contributed by atoms with E-state index in [4.69, 9.17) is 0 Å². The summed E-state index contributed by atoms with van der Waals surface area (Å²) >= 11 is 0. The van der Waals surface area contributed by atoms with Gasteiger partial charge in [0.15, 0.2) is 9.84 Å². The number of hydrogen-bond donors (Lipinski definition) is 0. The maximum Gasteiger partial charge on any atom is 0.248 e. The van der Waals surface area contributed by atoms with Crippen LogP contribution < -0.4 is 0 Å². The molecule has 0 saturated carbocycles. The van der Waals surface area contributed by atoms with Gasteiger partial charge in [0.2, 0.25) is 5.91 Å². The zero-order chi connectivity index (χ0) is 10.8. The Bertz CT molecular complexity index is 359. The van der Waals surface area contributed by atoms with Gasteiger partial charge in [-0.25, -0.2) is 13.4 Å². The van der Waals surface area contributed by atoms with E-state index in [2.05, 4.69) is 5.10 Å². The molecule has 0 saturated heterocycles. The normalized spacial score (nSPS) is 17.4. The van der Waals surface area contributed by atoms with Crippen molar-refractivity contribution in [3.05, 3.63) is 0 Å². The van der Waals surface area contributed by atoms with Crippen LogP contribution in [0.3, 0.4) is 0 Å². The Kier molecular flexibility index (Phi) is 3.25. The van der Waals surface area contributed by atoms with Crippen molar-refractivity contribution in [1.82, 2.24) is 5.01 Å². The minimum absolute atomic E-state index is 0.00792. The molecule has 1 heterocycles. The van der Waals surface area contributed by atoms with E-state index in [9.17, 15) is 13.2 Å². The maximum absolute atomic E-state index is 11.2. The largest absolute Gasteiger partial charge is 0.273 e. The Morgan fingerprint density at radius 3 is 2.57 bits per heavy atom. The van der Waals surface area contributed by atoms with Crippen LogP contribution in [0.15, 0.2) is 5.10 Å². The van der Waals surface area contributed by atoms with Gasteiger partial charge in [0.1, 0.15) is 0 Å². The third kappa shape index (κ3) is 2.80. The van der Waals surface area contributed by atoms with Crippen LogP contribution in [0, 0.1) is 0 Å². The summed E-state index contributed by atoms with van der Waals surface area (Å²) in [5.41, 5.74) is 0.740. The molecular weight excluding hydrogens is 204 g/mol. The van der Waals surface area contributed by atoms with E-state index in [0.717, 1.165) is 5.71 Å². The van der Waals surface area contributed by atoms with E-state index in [1.165, 1.54) is 5.01 Å². The SMILES string of the molecule is CCS(=O)(=O)CCN1N=C(C)CC1=O. The summed E-state index contributed by atoms with van der Waals surface area (Å²) < 4.78 is 22.3. The van der Waals surface area contributed by atoms with Crippen LogP contribution in [0.1, 0.15) is 20.3 Å². The number of hydrazone groups is 1. The van der Waals surface area contributed by atoms with Crippen molar-refractivity contribution in [2.75, 3.05) is 18.1 Å². The Morgan fingerprint density at radius 1 is 1.50 bits per heavy atom. The topological polar surface area (TPSA) is 66.8 Å². The van der Waals surface area contributed by atoms with Gasteiger partial charge in [-0.2, -0.15) is 5.10 Å². The minimum atomic E-state index is -3.01. The van der Waals surface area contributed by atoms with Gasteiger partial charge >= 0.3 is 0 Å². The van der Waals surface area contributed by atoms with Crippen LogP contribution in [0.25, 0.3) is 0 Å². The lowest BCUT2D eigenvalue weighted by Crippen LogP contribution is -2.27. The van der Waals surface area contributed by atoms with Crippen molar-refractivity contribution >= 4 is 21.5 Å². The third-order valence-corrected chi connectivity index (χ3v) is 3.72. The fraction of sp³-hybridized carbons (Fsp3) is 0.750. The van der Waals surface area contributed by atoms with Crippen molar-refractivity contribution in [1.29, 1.82) is 0 Å². The molecule has 1 aliphatic rings. The monoisotopic (exact) mass is 218 g/mol. The molecule has 1 amide bonds. The van der Waals surface area contributed by atoms with Gasteiger partial charge in [-0.3, -0.25) is 4.79 Å². The zero-order valence-corrected chi connectivity index (χ0v) is 9.17. The summed E-state index contributed by atoms with van der Waals surface area (Å²) in [6.45, 7) is 3.52. The van der Waals surface area contributed by atoms with E-state index in [-0.39, 0.29) is 24.0 Å². The summed E-state index contributed by atoms with van der Waals surface area (Å²) in [6, 6.07) is 0. The molecule has 1 aliphatic heterocycles. The highest BCUT2D eigenvalue weighted by Gasteiger charge is 2.22. The molecule has 0 bridgehead atoms. The van der Waals surface area contributed by atoms with Gasteiger partial charge in [0.25, 0.3) is 0 Å². The molecule has 0 aromatic rings. The molecule has 0 unspecified atom stereocenters. The number of rotatable bonds is 4. The van der Waals surface area contributed by atoms with Gasteiger partial charge < -0.3 is 0 Å². The van der Waals surface area contributed by atoms with Crippen LogP contribution in [-0.4, -0.2) is 43.1 Å². The van der Waals surface area contributed by atoms with Crippen molar-refractivity contribution in [3.63, 3.8) is 0 Å². The molecule has 6 heteroatoms. The van der Waals surface area contributed by atoms with Crippen molar-refractivity contribution in [2.45, 2.75) is 20.3 Å². The van der Waals surface area contributed by atoms with E-state index < -0.39 is 9.84 Å². The summed E-state index contributed by atoms with van der Waals surface area (Å²) in [5.74, 6) is -0.0159. The lowest BCUT2D eigenvalue weighted by molar-refractivity contribution is -0.128. The average molecular weight is 218 g/mol. The zero-order valence-electron chi connectivity index (χ0n) is 8.36. The number of carbonyl (C=O) groups is 1. The molecule has 0 aromatic heterocycles. The Morgan fingerprint density at radius 2 is 2.14 bits per heavy atom. The third-order valence-electron chi connectivity index (χ3n) is 2.04. The minimum Gasteiger partial charge on any atom is -0.273 e. The Hall–Kier alpha value is -0.910. The van der Waals surface area contributed by atoms with Gasteiger partial charge in [0.05, 0.1) is 18.7 Å². The second-order valence-electron chi connectivity index (χ2n) is 3.27. The molecule has 5 nitrogen and oxygen atoms in total. The first-order chi connectivity index (χ1) is 6.44. The Balaban J connectivity index is 2.51. The van der Waals surface area contributed by atoms with E-state index in [1.807, 2.05) is 0 Å². The van der Waals surface area contributed by atoms with Gasteiger partial charge in [-0.15, -0.1) is 0 Å². The lowest BCUT2D eigenvalue weighted by atomic mass is 10.3. The molecule has 80 valence electrons. The smallest absolute Gasteiger partial charge is 0.248 e. The fourth-order valence-corrected chi connectivity index (χ4v) is 1.89. The van der Waals surface area contributed by atoms with Crippen molar-refractivity contribution in [2.24, 2.45) is 5.10 Å². The molecule has 0 aliphatic carbocycles. The summed E-state index contributed by atoms with van der Waals surface area (Å²) in [4.78, 5) is 11.2. The number of sulfone groups is 1. The van der Waals surface area contributed by atoms with Crippen molar-refractivity contribution < 1.29 is 13.2 Å². The average Bonchev–Trinajstić information content (AvgIpc) is 2.42. The first kappa shape index (κ1) is 11.2. The van der Waals surface area contributed by atoms with E-state index >= 15 is 0 Å². The number of nitrogens with zero attached hydrogens (tertiary/aromatic N) is 2. The predicted octanol–water partition coefficient (Wildman–Crippen LogP) is 0.0293. The maximum atomic E-state index is 11.2. The first-order valence-corrected chi connectivity index (χ1v) is 6.31. The van der Waals surface area contributed by atoms with Crippen LogP contribution in [0.5, 0.6) is 0 Å². The number of amides is 1. The van der Waals surface area contributed by atoms with E-state index in [1.54, 1.807) is 13.8 Å². The summed E-state index contributed by atoms with van der Waals surface area (Å²) in [6.07, 6.45) is 0.312. The number of carbonyl (C=O) groups excluding carboxylic acids is 1. The van der Waals surface area contributed by atoms with Crippen LogP contribution in [0.2, 0.25) is 0 Å². The molecule has 0 N–H and O–H groups in total. The summed E-state index contributed by atoms with van der Waals surface area (Å²) in [5, 5.41) is 5.18. The molecule has 0 fully saturated rings. The van der Waals surface area contributed by atoms with E-state index in [0.29, 0.717) is 6.42 Å². The van der Waals surface area contributed by atoms with Gasteiger partial charge in [0, 0.05) is 11.5 Å². The first-order valence-electron chi connectivity index (χ1n) is 4.49. The second-order valence-corrected chi connectivity index (χ2v) is 5.74. The molecule has 0 atom stereocenters. The molecule has 14 heavy (non-hydrogen) atoms. The fourth-order valence-electron chi connectivity index (χ4n) is 1.15. The van der Waals surface area contributed by atoms with Crippen LogP contribution in [-0.2, 0) is 14.6 Å². The molecule has 0 aromatic carbocycles. The Labute approximate surface area is 83.7 Å². The lowest BCUT2D eigenvalue weighted by Gasteiger charge is -2.10. The predicted molar refractivity (Wildman–Crippen MR) is 53.8 cm³/mol. The second kappa shape index (κ2) is 4.08. The number of hydrogen-bond acceptors (Lipinski definition) is 4. The van der Waals surface area contributed by atoms with Crippen LogP contribution >= 0.6 is 0 Å². The standard InChI is InChI=1S/C8H14N2O3S/c1-3-14(12,13)5-4-10-8(11)6-7(2)9-10/h3-6H2,1-2H3. The quantitative estimate of drug-likeness (QED) is 0.668. The molecule has 1 rings (SSSR count). The van der Waals surface area contributed by atoms with Crippen LogP contribution in [0.4, 0.5) is 0 Å². The summed E-state index contributed by atoms with van der Waals surface area (Å²) in [7, 11) is -3.01. The van der Waals surface area contributed by atoms with Crippen molar-refractivity contribution in [3.8, 4) is 0 Å².